The Balaban J connectivity index is 2.25. The Morgan fingerprint density at radius 1 is 0.833 bits per heavy atom. The van der Waals surface area contributed by atoms with Gasteiger partial charge in [0.25, 0.3) is 0 Å². The lowest BCUT2D eigenvalue weighted by Crippen LogP contribution is -2.39. The van der Waals surface area contributed by atoms with E-state index >= 15 is 0 Å². The second kappa shape index (κ2) is 6.90. The third-order valence-corrected chi connectivity index (χ3v) is 4.48. The molecule has 3 aromatic carbocycles. The van der Waals surface area contributed by atoms with E-state index in [1.807, 2.05) is 72.8 Å². The Labute approximate surface area is 143 Å². The van der Waals surface area contributed by atoms with E-state index in [1.54, 1.807) is 6.07 Å². The molecule has 0 fully saturated rings. The van der Waals surface area contributed by atoms with Gasteiger partial charge in [0.1, 0.15) is 5.75 Å². The number of rotatable bonds is 5. The highest BCUT2D eigenvalue weighted by atomic mass is 16.3. The molecular formula is C22H23NO. The zero-order valence-electron chi connectivity index (χ0n) is 13.9. The molecule has 0 bridgehead atoms. The van der Waals surface area contributed by atoms with E-state index in [0.29, 0.717) is 0 Å². The van der Waals surface area contributed by atoms with Gasteiger partial charge in [0.05, 0.1) is 5.54 Å². The van der Waals surface area contributed by atoms with Crippen LogP contribution < -0.4 is 5.73 Å². The fourth-order valence-electron chi connectivity index (χ4n) is 3.22. The van der Waals surface area contributed by atoms with E-state index in [1.165, 1.54) is 5.56 Å². The summed E-state index contributed by atoms with van der Waals surface area (Å²) in [5, 5.41) is 10.6. The summed E-state index contributed by atoms with van der Waals surface area (Å²) in [7, 11) is 0. The van der Waals surface area contributed by atoms with Crippen LogP contribution in [0.2, 0.25) is 0 Å². The topological polar surface area (TPSA) is 46.2 Å². The van der Waals surface area contributed by atoms with E-state index in [2.05, 4.69) is 6.92 Å². The van der Waals surface area contributed by atoms with Crippen LogP contribution in [0, 0.1) is 0 Å². The van der Waals surface area contributed by atoms with Gasteiger partial charge in [-0.15, -0.1) is 0 Å². The van der Waals surface area contributed by atoms with Crippen molar-refractivity contribution in [3.63, 3.8) is 0 Å². The first-order valence-electron chi connectivity index (χ1n) is 8.38. The summed E-state index contributed by atoms with van der Waals surface area (Å²) in [5.41, 5.74) is 9.92. The monoisotopic (exact) mass is 317 g/mol. The molecule has 3 aromatic rings. The fourth-order valence-corrected chi connectivity index (χ4v) is 3.22. The zero-order chi connectivity index (χ0) is 17.0. The van der Waals surface area contributed by atoms with Gasteiger partial charge in [-0.05, 0) is 35.2 Å². The Kier molecular flexibility index (Phi) is 4.68. The molecule has 0 spiro atoms. The van der Waals surface area contributed by atoms with Crippen molar-refractivity contribution in [2.45, 2.75) is 25.3 Å². The van der Waals surface area contributed by atoms with E-state index in [0.717, 1.165) is 29.5 Å². The maximum Gasteiger partial charge on any atom is 0.121 e. The van der Waals surface area contributed by atoms with Crippen molar-refractivity contribution >= 4 is 0 Å². The minimum absolute atomic E-state index is 0.227. The SMILES string of the molecule is CCCc1ccc(O)c(C(N)(c2ccccc2)c2ccccc2)c1. The molecule has 2 heteroatoms. The number of hydrogen-bond acceptors (Lipinski definition) is 2. The molecule has 3 N–H and O–H groups in total. The fraction of sp³-hybridized carbons (Fsp3) is 0.182. The number of nitrogens with two attached hydrogens (primary N) is 1. The molecule has 0 radical (unpaired) electrons. The first-order chi connectivity index (χ1) is 11.7. The lowest BCUT2D eigenvalue weighted by atomic mass is 9.77. The summed E-state index contributed by atoms with van der Waals surface area (Å²) < 4.78 is 0. The van der Waals surface area contributed by atoms with Crippen molar-refractivity contribution in [2.24, 2.45) is 5.73 Å². The maximum atomic E-state index is 10.6. The van der Waals surface area contributed by atoms with E-state index < -0.39 is 5.54 Å². The molecule has 0 heterocycles. The van der Waals surface area contributed by atoms with Crippen LogP contribution >= 0.6 is 0 Å². The summed E-state index contributed by atoms with van der Waals surface area (Å²) in [4.78, 5) is 0. The quantitative estimate of drug-likeness (QED) is 0.676. The van der Waals surface area contributed by atoms with Crippen LogP contribution in [-0.4, -0.2) is 5.11 Å². The van der Waals surface area contributed by atoms with Crippen molar-refractivity contribution < 1.29 is 5.11 Å². The first kappa shape index (κ1) is 16.3. The predicted octanol–water partition coefficient (Wildman–Crippen LogP) is 4.60. The highest BCUT2D eigenvalue weighted by molar-refractivity contribution is 5.54. The molecular weight excluding hydrogens is 294 g/mol. The number of hydrogen-bond donors (Lipinski definition) is 2. The number of phenolic OH excluding ortho intramolecular Hbond substituents is 1. The van der Waals surface area contributed by atoms with Gasteiger partial charge >= 0.3 is 0 Å². The average Bonchev–Trinajstić information content (AvgIpc) is 2.64. The molecule has 0 aromatic heterocycles. The number of aromatic hydroxyl groups is 1. The summed E-state index contributed by atoms with van der Waals surface area (Å²) in [6.45, 7) is 2.15. The highest BCUT2D eigenvalue weighted by Gasteiger charge is 2.34. The van der Waals surface area contributed by atoms with Crippen LogP contribution in [-0.2, 0) is 12.0 Å². The standard InChI is InChI=1S/C22H23NO/c1-2-9-17-14-15-21(24)20(16-17)22(23,18-10-5-3-6-11-18)19-12-7-4-8-13-19/h3-8,10-16,24H,2,9,23H2,1H3. The van der Waals surface area contributed by atoms with Crippen LogP contribution in [0.25, 0.3) is 0 Å². The smallest absolute Gasteiger partial charge is 0.121 e. The maximum absolute atomic E-state index is 10.6. The van der Waals surface area contributed by atoms with Crippen LogP contribution in [0.3, 0.4) is 0 Å². The van der Waals surface area contributed by atoms with E-state index in [-0.39, 0.29) is 5.75 Å². The van der Waals surface area contributed by atoms with Crippen LogP contribution in [0.15, 0.2) is 78.9 Å². The Hall–Kier alpha value is -2.58. The molecule has 0 unspecified atom stereocenters. The third-order valence-electron chi connectivity index (χ3n) is 4.48. The van der Waals surface area contributed by atoms with Crippen molar-refractivity contribution in [3.05, 3.63) is 101 Å². The second-order valence-electron chi connectivity index (χ2n) is 6.14. The predicted molar refractivity (Wildman–Crippen MR) is 99.1 cm³/mol. The lowest BCUT2D eigenvalue weighted by Gasteiger charge is -2.32. The lowest BCUT2D eigenvalue weighted by molar-refractivity contribution is 0.454. The third kappa shape index (κ3) is 2.93. The molecule has 0 aliphatic carbocycles. The number of benzene rings is 3. The van der Waals surface area contributed by atoms with Crippen molar-refractivity contribution in [1.82, 2.24) is 0 Å². The molecule has 0 amide bonds. The molecule has 0 aliphatic rings. The van der Waals surface area contributed by atoms with Gasteiger partial charge in [0, 0.05) is 5.56 Å². The van der Waals surface area contributed by atoms with Gasteiger partial charge in [-0.3, -0.25) is 0 Å². The summed E-state index contributed by atoms with van der Waals surface area (Å²) in [5.74, 6) is 0.227. The molecule has 2 nitrogen and oxygen atoms in total. The summed E-state index contributed by atoms with van der Waals surface area (Å²) in [6, 6.07) is 25.7. The molecule has 0 saturated carbocycles. The van der Waals surface area contributed by atoms with Gasteiger partial charge in [0.15, 0.2) is 0 Å². The Morgan fingerprint density at radius 2 is 1.38 bits per heavy atom. The largest absolute Gasteiger partial charge is 0.508 e. The van der Waals surface area contributed by atoms with Gasteiger partial charge in [-0.1, -0.05) is 80.1 Å². The summed E-state index contributed by atoms with van der Waals surface area (Å²) in [6.07, 6.45) is 2.02. The Bertz CT molecular complexity index is 757. The second-order valence-corrected chi connectivity index (χ2v) is 6.14. The van der Waals surface area contributed by atoms with Gasteiger partial charge in [-0.2, -0.15) is 0 Å². The van der Waals surface area contributed by atoms with Crippen LogP contribution in [0.5, 0.6) is 5.75 Å². The average molecular weight is 317 g/mol. The van der Waals surface area contributed by atoms with Gasteiger partial charge in [-0.25, -0.2) is 0 Å². The molecule has 3 rings (SSSR count). The van der Waals surface area contributed by atoms with Crippen LogP contribution in [0.4, 0.5) is 0 Å². The number of phenols is 1. The molecule has 122 valence electrons. The zero-order valence-corrected chi connectivity index (χ0v) is 13.9. The minimum Gasteiger partial charge on any atom is -0.508 e. The molecule has 0 atom stereocenters. The summed E-state index contributed by atoms with van der Waals surface area (Å²) >= 11 is 0. The van der Waals surface area contributed by atoms with Crippen molar-refractivity contribution in [2.75, 3.05) is 0 Å². The van der Waals surface area contributed by atoms with E-state index in [9.17, 15) is 5.11 Å². The van der Waals surface area contributed by atoms with Crippen LogP contribution in [0.1, 0.15) is 35.6 Å². The van der Waals surface area contributed by atoms with Crippen molar-refractivity contribution in [3.8, 4) is 5.75 Å². The molecule has 24 heavy (non-hydrogen) atoms. The minimum atomic E-state index is -0.893. The number of aryl methyl sites for hydroxylation is 1. The van der Waals surface area contributed by atoms with Crippen molar-refractivity contribution in [1.29, 1.82) is 0 Å². The highest BCUT2D eigenvalue weighted by Crippen LogP contribution is 2.39. The van der Waals surface area contributed by atoms with Gasteiger partial charge < -0.3 is 10.8 Å². The van der Waals surface area contributed by atoms with E-state index in [4.69, 9.17) is 5.73 Å². The molecule has 0 aliphatic heterocycles. The normalized spacial score (nSPS) is 11.4. The molecule has 0 saturated heterocycles. The van der Waals surface area contributed by atoms with Gasteiger partial charge in [0.2, 0.25) is 0 Å². The Morgan fingerprint density at radius 3 is 1.88 bits per heavy atom. The first-order valence-corrected chi connectivity index (χ1v) is 8.38.